The molecule has 3 aromatic rings. The molecule has 2 bridgehead atoms. The van der Waals surface area contributed by atoms with Crippen LogP contribution in [-0.4, -0.2) is 44.3 Å². The maximum Gasteiger partial charge on any atom is 0.258 e. The summed E-state index contributed by atoms with van der Waals surface area (Å²) in [6.07, 6.45) is 0.870. The molecule has 0 unspecified atom stereocenters. The van der Waals surface area contributed by atoms with Gasteiger partial charge in [0, 0.05) is 18.2 Å². The summed E-state index contributed by atoms with van der Waals surface area (Å²) < 4.78 is 19.1. The van der Waals surface area contributed by atoms with Gasteiger partial charge in [0.15, 0.2) is 11.5 Å². The van der Waals surface area contributed by atoms with Gasteiger partial charge >= 0.3 is 0 Å². The highest BCUT2D eigenvalue weighted by Crippen LogP contribution is 2.39. The lowest BCUT2D eigenvalue weighted by atomic mass is 9.86. The number of anilines is 1. The van der Waals surface area contributed by atoms with Crippen LogP contribution >= 0.6 is 0 Å². The Hall–Kier alpha value is -3.97. The van der Waals surface area contributed by atoms with Gasteiger partial charge in [0.2, 0.25) is 17.3 Å². The highest BCUT2D eigenvalue weighted by Gasteiger charge is 2.51. The summed E-state index contributed by atoms with van der Waals surface area (Å²) in [6, 6.07) is 7.62. The average Bonchev–Trinajstić information content (AvgIpc) is 3.05. The van der Waals surface area contributed by atoms with E-state index in [1.54, 1.807) is 13.1 Å². The Bertz CT molecular complexity index is 1300. The van der Waals surface area contributed by atoms with Crippen molar-refractivity contribution in [1.29, 1.82) is 5.26 Å². The van der Waals surface area contributed by atoms with Gasteiger partial charge in [0.25, 0.3) is 5.88 Å². The molecule has 10 heteroatoms. The second-order valence-electron chi connectivity index (χ2n) is 7.98. The van der Waals surface area contributed by atoms with E-state index in [1.807, 2.05) is 26.0 Å². The number of nitrogen functional groups attached to an aromatic ring is 1. The number of hydrogen-bond donors (Lipinski definition) is 1. The molecule has 2 aliphatic heterocycles. The molecule has 0 radical (unpaired) electrons. The Morgan fingerprint density at radius 1 is 1.31 bits per heavy atom. The molecule has 0 amide bonds. The molecule has 5 rings (SSSR count). The number of Topliss-reactive ketones (excluding diaryl/α,β-unsaturated/α-hetero) is 1. The Morgan fingerprint density at radius 2 is 2.09 bits per heavy atom. The van der Waals surface area contributed by atoms with E-state index in [1.165, 1.54) is 10.9 Å². The van der Waals surface area contributed by atoms with Crippen molar-refractivity contribution >= 4 is 11.6 Å². The lowest BCUT2D eigenvalue weighted by molar-refractivity contribution is -0.134. The van der Waals surface area contributed by atoms with E-state index >= 15 is 0 Å². The van der Waals surface area contributed by atoms with Crippen LogP contribution in [0, 0.1) is 18.3 Å². The normalized spacial score (nSPS) is 18.7. The lowest BCUT2D eigenvalue weighted by Gasteiger charge is -2.40. The van der Waals surface area contributed by atoms with Crippen LogP contribution in [0.25, 0.3) is 11.3 Å². The minimum atomic E-state index is -1.27. The van der Waals surface area contributed by atoms with Gasteiger partial charge in [-0.2, -0.15) is 5.26 Å². The molecule has 162 valence electrons. The van der Waals surface area contributed by atoms with Gasteiger partial charge in [-0.1, -0.05) is 23.8 Å². The maximum atomic E-state index is 13.7. The third kappa shape index (κ3) is 2.90. The SMILES string of the molecule is Cc1ccc2c(c1)[C@@H](C)Oc1nc(cnc1N)-c1c(nn(C)c1C#N)OC1(COC1)C2=O. The minimum Gasteiger partial charge on any atom is -0.467 e. The van der Waals surface area contributed by atoms with Crippen molar-refractivity contribution in [3.05, 3.63) is 46.8 Å². The summed E-state index contributed by atoms with van der Waals surface area (Å²) in [6.45, 7) is 3.87. The highest BCUT2D eigenvalue weighted by atomic mass is 16.6. The van der Waals surface area contributed by atoms with Gasteiger partial charge < -0.3 is 19.9 Å². The fraction of sp³-hybridized carbons (Fsp3) is 0.318. The number of nitrogens with two attached hydrogens (primary N) is 1. The standard InChI is InChI=1S/C22H20N6O4/c1-11-4-5-13-14(6-11)12(2)31-21-19(24)25-8-15(26-21)17-16(7-23)28(3)27-20(17)32-22(18(13)29)9-30-10-22/h4-6,8,12H,9-10H2,1-3H3,(H2,24,25)/t12-/m1/s1. The first-order chi connectivity index (χ1) is 15.3. The number of nitrogens with zero attached hydrogens (tertiary/aromatic N) is 5. The van der Waals surface area contributed by atoms with Crippen LogP contribution in [0.5, 0.6) is 11.8 Å². The van der Waals surface area contributed by atoms with Gasteiger partial charge in [-0.15, -0.1) is 5.10 Å². The van der Waals surface area contributed by atoms with E-state index in [9.17, 15) is 10.1 Å². The lowest BCUT2D eigenvalue weighted by Crippen LogP contribution is -2.60. The monoisotopic (exact) mass is 432 g/mol. The third-order valence-corrected chi connectivity index (χ3v) is 5.70. The van der Waals surface area contributed by atoms with Crippen molar-refractivity contribution < 1.29 is 19.0 Å². The number of nitriles is 1. The van der Waals surface area contributed by atoms with Crippen molar-refractivity contribution in [3.63, 3.8) is 0 Å². The Morgan fingerprint density at radius 3 is 2.78 bits per heavy atom. The fourth-order valence-corrected chi connectivity index (χ4v) is 3.93. The number of ketones is 1. The molecule has 2 N–H and O–H groups in total. The number of hydrogen-bond acceptors (Lipinski definition) is 9. The number of benzene rings is 1. The Balaban J connectivity index is 1.79. The maximum absolute atomic E-state index is 13.7. The van der Waals surface area contributed by atoms with Crippen molar-refractivity contribution in [2.24, 2.45) is 7.05 Å². The quantitative estimate of drug-likeness (QED) is 0.566. The van der Waals surface area contributed by atoms with Crippen LogP contribution < -0.4 is 15.2 Å². The molecular formula is C22H20N6O4. The van der Waals surface area contributed by atoms with Crippen LogP contribution in [0.2, 0.25) is 0 Å². The molecule has 10 nitrogen and oxygen atoms in total. The zero-order chi connectivity index (χ0) is 22.6. The van der Waals surface area contributed by atoms with E-state index in [0.717, 1.165) is 5.56 Å². The number of aryl methyl sites for hydroxylation is 2. The second kappa shape index (κ2) is 7.03. The molecule has 2 aromatic heterocycles. The van der Waals surface area contributed by atoms with E-state index < -0.39 is 11.7 Å². The van der Waals surface area contributed by atoms with Crippen molar-refractivity contribution in [2.45, 2.75) is 25.6 Å². The summed E-state index contributed by atoms with van der Waals surface area (Å²) in [5.41, 5.74) is 7.66. The smallest absolute Gasteiger partial charge is 0.258 e. The van der Waals surface area contributed by atoms with Crippen molar-refractivity contribution in [2.75, 3.05) is 18.9 Å². The van der Waals surface area contributed by atoms with Crippen LogP contribution in [0.4, 0.5) is 5.82 Å². The summed E-state index contributed by atoms with van der Waals surface area (Å²) >= 11 is 0. The first-order valence-electron chi connectivity index (χ1n) is 10.0. The van der Waals surface area contributed by atoms with E-state index in [2.05, 4.69) is 21.1 Å². The number of fused-ring (bicyclic) bond motifs is 5. The van der Waals surface area contributed by atoms with Gasteiger partial charge in [0.1, 0.15) is 23.4 Å². The molecule has 0 aliphatic carbocycles. The average molecular weight is 432 g/mol. The Labute approximate surface area is 183 Å². The summed E-state index contributed by atoms with van der Waals surface area (Å²) in [4.78, 5) is 22.5. The predicted molar refractivity (Wildman–Crippen MR) is 112 cm³/mol. The number of carbonyl (C=O) groups excluding carboxylic acids is 1. The molecule has 4 heterocycles. The third-order valence-electron chi connectivity index (χ3n) is 5.70. The van der Waals surface area contributed by atoms with Crippen LogP contribution in [-0.2, 0) is 11.8 Å². The first kappa shape index (κ1) is 20.0. The molecular weight excluding hydrogens is 412 g/mol. The van der Waals surface area contributed by atoms with E-state index in [-0.39, 0.29) is 42.3 Å². The fourth-order valence-electron chi connectivity index (χ4n) is 3.93. The van der Waals surface area contributed by atoms with Crippen molar-refractivity contribution in [3.8, 4) is 29.1 Å². The molecule has 1 atom stereocenters. The minimum absolute atomic E-state index is 0.0605. The largest absolute Gasteiger partial charge is 0.467 e. The molecule has 32 heavy (non-hydrogen) atoms. The summed E-state index contributed by atoms with van der Waals surface area (Å²) in [5, 5.41) is 14.1. The molecule has 1 fully saturated rings. The number of rotatable bonds is 0. The molecule has 0 saturated carbocycles. The van der Waals surface area contributed by atoms with E-state index in [4.69, 9.17) is 19.9 Å². The molecule has 1 spiro atoms. The zero-order valence-electron chi connectivity index (χ0n) is 17.7. The molecule has 1 aromatic carbocycles. The number of carbonyl (C=O) groups is 1. The van der Waals surface area contributed by atoms with Crippen LogP contribution in [0.3, 0.4) is 0 Å². The van der Waals surface area contributed by atoms with Gasteiger partial charge in [-0.25, -0.2) is 9.97 Å². The van der Waals surface area contributed by atoms with Crippen molar-refractivity contribution in [1.82, 2.24) is 19.7 Å². The second-order valence-corrected chi connectivity index (χ2v) is 7.98. The molecule has 1 saturated heterocycles. The first-order valence-corrected chi connectivity index (χ1v) is 10.0. The van der Waals surface area contributed by atoms with Gasteiger partial charge in [-0.05, 0) is 13.8 Å². The van der Waals surface area contributed by atoms with Crippen LogP contribution in [0.1, 0.15) is 40.2 Å². The zero-order valence-corrected chi connectivity index (χ0v) is 17.7. The number of aromatic nitrogens is 4. The topological polar surface area (TPSA) is 138 Å². The van der Waals surface area contributed by atoms with Gasteiger partial charge in [-0.3, -0.25) is 9.48 Å². The Kier molecular flexibility index (Phi) is 4.39. The molecule has 2 aliphatic rings. The summed E-state index contributed by atoms with van der Waals surface area (Å²) in [5.74, 6) is 0.0309. The van der Waals surface area contributed by atoms with E-state index in [0.29, 0.717) is 22.4 Å². The van der Waals surface area contributed by atoms with Crippen LogP contribution in [0.15, 0.2) is 24.4 Å². The highest BCUT2D eigenvalue weighted by molar-refractivity contribution is 6.05. The predicted octanol–water partition coefficient (Wildman–Crippen LogP) is 2.12. The van der Waals surface area contributed by atoms with Gasteiger partial charge in [0.05, 0.1) is 19.4 Å². The number of ether oxygens (including phenoxy) is 3. The summed E-state index contributed by atoms with van der Waals surface area (Å²) in [7, 11) is 1.61.